The minimum absolute atomic E-state index is 0.122. The summed E-state index contributed by atoms with van der Waals surface area (Å²) >= 11 is 0. The Bertz CT molecular complexity index is 922. The Morgan fingerprint density at radius 1 is 1.04 bits per heavy atom. The lowest BCUT2D eigenvalue weighted by Crippen LogP contribution is -2.38. The summed E-state index contributed by atoms with van der Waals surface area (Å²) in [6, 6.07) is 11.5. The molecule has 2 rings (SSSR count). The first-order valence-electron chi connectivity index (χ1n) is 9.23. The van der Waals surface area contributed by atoms with E-state index in [0.717, 1.165) is 11.1 Å². The SMILES string of the molecule is Cc1ccc(NS(=O)(=O)c2ccc(O[C@@H](C)C(=O)NCC(C)C)cc2)c(C)c1. The normalized spacial score (nSPS) is 12.5. The third kappa shape index (κ3) is 5.99. The number of aryl methyl sites for hydroxylation is 2. The third-order valence-electron chi connectivity index (χ3n) is 4.13. The van der Waals surface area contributed by atoms with Gasteiger partial charge in [-0.05, 0) is 62.6 Å². The molecule has 0 heterocycles. The van der Waals surface area contributed by atoms with E-state index in [-0.39, 0.29) is 10.8 Å². The molecule has 152 valence electrons. The van der Waals surface area contributed by atoms with E-state index in [1.165, 1.54) is 12.1 Å². The van der Waals surface area contributed by atoms with Crippen LogP contribution in [-0.2, 0) is 14.8 Å². The van der Waals surface area contributed by atoms with E-state index >= 15 is 0 Å². The van der Waals surface area contributed by atoms with Gasteiger partial charge in [0.05, 0.1) is 10.6 Å². The molecule has 1 amide bonds. The number of sulfonamides is 1. The predicted molar refractivity (Wildman–Crippen MR) is 111 cm³/mol. The number of hydrogen-bond acceptors (Lipinski definition) is 4. The van der Waals surface area contributed by atoms with Crippen molar-refractivity contribution in [2.45, 2.75) is 45.6 Å². The van der Waals surface area contributed by atoms with Gasteiger partial charge in [0.1, 0.15) is 5.75 Å². The molecule has 28 heavy (non-hydrogen) atoms. The van der Waals surface area contributed by atoms with Crippen LogP contribution in [0.25, 0.3) is 0 Å². The van der Waals surface area contributed by atoms with Gasteiger partial charge in [-0.15, -0.1) is 0 Å². The van der Waals surface area contributed by atoms with Gasteiger partial charge in [-0.25, -0.2) is 8.42 Å². The second-order valence-electron chi connectivity index (χ2n) is 7.29. The van der Waals surface area contributed by atoms with Crippen LogP contribution in [-0.4, -0.2) is 27.0 Å². The van der Waals surface area contributed by atoms with E-state index in [1.54, 1.807) is 25.1 Å². The number of carbonyl (C=O) groups is 1. The Morgan fingerprint density at radius 3 is 2.25 bits per heavy atom. The summed E-state index contributed by atoms with van der Waals surface area (Å²) in [5.74, 6) is 0.574. The minimum Gasteiger partial charge on any atom is -0.481 e. The Morgan fingerprint density at radius 2 is 1.68 bits per heavy atom. The number of amides is 1. The quantitative estimate of drug-likeness (QED) is 0.703. The molecule has 0 radical (unpaired) electrons. The van der Waals surface area contributed by atoms with Crippen LogP contribution in [0.1, 0.15) is 31.9 Å². The second kappa shape index (κ2) is 9.10. The fourth-order valence-corrected chi connectivity index (χ4v) is 3.67. The number of nitrogens with one attached hydrogen (secondary N) is 2. The van der Waals surface area contributed by atoms with Crippen molar-refractivity contribution >= 4 is 21.6 Å². The molecular weight excluding hydrogens is 376 g/mol. The zero-order chi connectivity index (χ0) is 20.9. The topological polar surface area (TPSA) is 84.5 Å². The van der Waals surface area contributed by atoms with Crippen LogP contribution in [0.5, 0.6) is 5.75 Å². The van der Waals surface area contributed by atoms with E-state index in [4.69, 9.17) is 4.74 Å². The van der Waals surface area contributed by atoms with Crippen LogP contribution in [0, 0.1) is 19.8 Å². The molecule has 2 N–H and O–H groups in total. The molecule has 7 heteroatoms. The molecule has 0 saturated heterocycles. The van der Waals surface area contributed by atoms with Crippen molar-refractivity contribution in [2.75, 3.05) is 11.3 Å². The van der Waals surface area contributed by atoms with Crippen molar-refractivity contribution in [3.63, 3.8) is 0 Å². The van der Waals surface area contributed by atoms with Crippen molar-refractivity contribution in [2.24, 2.45) is 5.92 Å². The lowest BCUT2D eigenvalue weighted by molar-refractivity contribution is -0.127. The molecule has 0 aliphatic rings. The fourth-order valence-electron chi connectivity index (χ4n) is 2.54. The third-order valence-corrected chi connectivity index (χ3v) is 5.51. The van der Waals surface area contributed by atoms with Gasteiger partial charge in [0.25, 0.3) is 15.9 Å². The maximum atomic E-state index is 12.6. The van der Waals surface area contributed by atoms with E-state index in [9.17, 15) is 13.2 Å². The molecule has 1 atom stereocenters. The fraction of sp³-hybridized carbons (Fsp3) is 0.381. The number of benzene rings is 2. The van der Waals surface area contributed by atoms with Gasteiger partial charge in [0, 0.05) is 6.54 Å². The summed E-state index contributed by atoms with van der Waals surface area (Å²) in [7, 11) is -3.71. The Balaban J connectivity index is 2.05. The second-order valence-corrected chi connectivity index (χ2v) is 8.98. The first-order chi connectivity index (χ1) is 13.1. The summed E-state index contributed by atoms with van der Waals surface area (Å²) in [6.45, 7) is 10.1. The molecular formula is C21H28N2O4S. The van der Waals surface area contributed by atoms with E-state index in [1.807, 2.05) is 39.8 Å². The molecule has 0 fully saturated rings. The van der Waals surface area contributed by atoms with E-state index < -0.39 is 16.1 Å². The molecule has 0 aliphatic carbocycles. The van der Waals surface area contributed by atoms with Crippen molar-refractivity contribution in [1.82, 2.24) is 5.32 Å². The van der Waals surface area contributed by atoms with Gasteiger partial charge >= 0.3 is 0 Å². The molecule has 6 nitrogen and oxygen atoms in total. The molecule has 2 aromatic carbocycles. The highest BCUT2D eigenvalue weighted by Crippen LogP contribution is 2.22. The lowest BCUT2D eigenvalue weighted by Gasteiger charge is -2.16. The first-order valence-corrected chi connectivity index (χ1v) is 10.7. The summed E-state index contributed by atoms with van der Waals surface area (Å²) < 4.78 is 33.4. The monoisotopic (exact) mass is 404 g/mol. The zero-order valence-corrected chi connectivity index (χ0v) is 17.8. The average Bonchev–Trinajstić information content (AvgIpc) is 2.62. The molecule has 0 bridgehead atoms. The van der Waals surface area contributed by atoms with Gasteiger partial charge in [0.2, 0.25) is 0 Å². The number of anilines is 1. The van der Waals surface area contributed by atoms with Crippen LogP contribution >= 0.6 is 0 Å². The highest BCUT2D eigenvalue weighted by molar-refractivity contribution is 7.92. The number of hydrogen-bond donors (Lipinski definition) is 2. The Kier molecular flexibility index (Phi) is 7.07. The first kappa shape index (κ1) is 21.8. The van der Waals surface area contributed by atoms with Crippen molar-refractivity contribution in [1.29, 1.82) is 0 Å². The van der Waals surface area contributed by atoms with Gasteiger partial charge in [0.15, 0.2) is 6.10 Å². The Hall–Kier alpha value is -2.54. The standard InChI is InChI=1S/C21H28N2O4S/c1-14(2)13-22-21(24)17(5)27-18-7-9-19(10-8-18)28(25,26)23-20-11-6-15(3)12-16(20)4/h6-12,14,17,23H,13H2,1-5H3,(H,22,24)/t17-/m0/s1. The number of rotatable bonds is 8. The van der Waals surface area contributed by atoms with Crippen LogP contribution in [0.4, 0.5) is 5.69 Å². The highest BCUT2D eigenvalue weighted by atomic mass is 32.2. The summed E-state index contributed by atoms with van der Waals surface area (Å²) in [6.07, 6.45) is -0.672. The number of ether oxygens (including phenoxy) is 1. The summed E-state index contributed by atoms with van der Waals surface area (Å²) in [5, 5.41) is 2.80. The van der Waals surface area contributed by atoms with Gasteiger partial charge in [-0.2, -0.15) is 0 Å². The average molecular weight is 405 g/mol. The molecule has 0 saturated carbocycles. The van der Waals surface area contributed by atoms with Gasteiger partial charge in [-0.1, -0.05) is 31.5 Å². The lowest BCUT2D eigenvalue weighted by atomic mass is 10.1. The van der Waals surface area contributed by atoms with Crippen LogP contribution < -0.4 is 14.8 Å². The van der Waals surface area contributed by atoms with Gasteiger partial charge < -0.3 is 10.1 Å². The smallest absolute Gasteiger partial charge is 0.261 e. The van der Waals surface area contributed by atoms with Crippen LogP contribution in [0.3, 0.4) is 0 Å². The van der Waals surface area contributed by atoms with Crippen molar-refractivity contribution < 1.29 is 17.9 Å². The number of carbonyl (C=O) groups excluding carboxylic acids is 1. The molecule has 0 spiro atoms. The largest absolute Gasteiger partial charge is 0.481 e. The Labute approximate surface area is 167 Å². The zero-order valence-electron chi connectivity index (χ0n) is 16.9. The van der Waals surface area contributed by atoms with Crippen LogP contribution in [0.2, 0.25) is 0 Å². The molecule has 0 unspecified atom stereocenters. The van der Waals surface area contributed by atoms with Crippen molar-refractivity contribution in [3.05, 3.63) is 53.6 Å². The summed E-state index contributed by atoms with van der Waals surface area (Å²) in [5.41, 5.74) is 2.46. The summed E-state index contributed by atoms with van der Waals surface area (Å²) in [4.78, 5) is 12.1. The molecule has 0 aromatic heterocycles. The maximum absolute atomic E-state index is 12.6. The molecule has 2 aromatic rings. The predicted octanol–water partition coefficient (Wildman–Crippen LogP) is 3.64. The van der Waals surface area contributed by atoms with Crippen LogP contribution in [0.15, 0.2) is 47.4 Å². The van der Waals surface area contributed by atoms with E-state index in [2.05, 4.69) is 10.0 Å². The molecule has 0 aliphatic heterocycles. The van der Waals surface area contributed by atoms with Crippen molar-refractivity contribution in [3.8, 4) is 5.75 Å². The van der Waals surface area contributed by atoms with Gasteiger partial charge in [-0.3, -0.25) is 9.52 Å². The maximum Gasteiger partial charge on any atom is 0.261 e. The van der Waals surface area contributed by atoms with E-state index in [0.29, 0.717) is 23.9 Å². The minimum atomic E-state index is -3.71. The highest BCUT2D eigenvalue weighted by Gasteiger charge is 2.17.